The lowest BCUT2D eigenvalue weighted by Crippen LogP contribution is -2.38. The number of carbonyl (C=O) groups excluding carboxylic acids is 1. The first-order valence-corrected chi connectivity index (χ1v) is 8.79. The van der Waals surface area contributed by atoms with E-state index >= 15 is 0 Å². The third-order valence-electron chi connectivity index (χ3n) is 4.48. The maximum atomic E-state index is 12.4. The van der Waals surface area contributed by atoms with Crippen LogP contribution in [-0.2, 0) is 0 Å². The number of thiophene rings is 1. The topological polar surface area (TPSA) is 50.5 Å². The van der Waals surface area contributed by atoms with Gasteiger partial charge in [-0.25, -0.2) is 9.50 Å². The molecule has 0 N–H and O–H groups in total. The van der Waals surface area contributed by atoms with E-state index in [2.05, 4.69) is 16.1 Å². The number of nitrogens with zero attached hydrogens (tertiary/aromatic N) is 4. The van der Waals surface area contributed by atoms with Gasteiger partial charge in [-0.05, 0) is 37.3 Å². The molecule has 23 heavy (non-hydrogen) atoms. The van der Waals surface area contributed by atoms with Crippen molar-refractivity contribution in [2.45, 2.75) is 25.7 Å². The summed E-state index contributed by atoms with van der Waals surface area (Å²) in [6, 6.07) is 5.96. The molecule has 4 rings (SSSR count). The molecule has 1 aliphatic heterocycles. The molecule has 0 aromatic carbocycles. The Hall–Kier alpha value is -2.21. The van der Waals surface area contributed by atoms with E-state index in [9.17, 15) is 4.79 Å². The van der Waals surface area contributed by atoms with E-state index in [1.807, 2.05) is 45.4 Å². The molecule has 1 aliphatic rings. The molecule has 118 valence electrons. The molecule has 6 heteroatoms. The summed E-state index contributed by atoms with van der Waals surface area (Å²) in [5.74, 6) is 0.575. The second kappa shape index (κ2) is 5.77. The average molecular weight is 326 g/mol. The van der Waals surface area contributed by atoms with Crippen LogP contribution < -0.4 is 0 Å². The van der Waals surface area contributed by atoms with Crippen molar-refractivity contribution in [2.24, 2.45) is 0 Å². The number of hydrogen-bond acceptors (Lipinski definition) is 4. The van der Waals surface area contributed by atoms with Gasteiger partial charge in [-0.2, -0.15) is 16.4 Å². The SMILES string of the molecule is Cc1cc2nccc(C3CCN(C(=O)c4ccsc4)CC3)n2n1. The monoisotopic (exact) mass is 326 g/mol. The van der Waals surface area contributed by atoms with Gasteiger partial charge >= 0.3 is 0 Å². The number of piperidine rings is 1. The van der Waals surface area contributed by atoms with E-state index in [-0.39, 0.29) is 5.91 Å². The highest BCUT2D eigenvalue weighted by molar-refractivity contribution is 7.08. The second-order valence-electron chi connectivity index (χ2n) is 6.00. The summed E-state index contributed by atoms with van der Waals surface area (Å²) < 4.78 is 1.95. The zero-order chi connectivity index (χ0) is 15.8. The van der Waals surface area contributed by atoms with Gasteiger partial charge in [-0.15, -0.1) is 0 Å². The van der Waals surface area contributed by atoms with Crippen molar-refractivity contribution in [3.05, 3.63) is 52.1 Å². The first kappa shape index (κ1) is 14.4. The number of fused-ring (bicyclic) bond motifs is 1. The lowest BCUT2D eigenvalue weighted by Gasteiger charge is -2.32. The second-order valence-corrected chi connectivity index (χ2v) is 6.78. The van der Waals surface area contributed by atoms with Crippen molar-refractivity contribution in [3.8, 4) is 0 Å². The Balaban J connectivity index is 1.52. The average Bonchev–Trinajstić information content (AvgIpc) is 3.22. The Kier molecular flexibility index (Phi) is 3.61. The number of aryl methyl sites for hydroxylation is 1. The zero-order valence-electron chi connectivity index (χ0n) is 13.0. The van der Waals surface area contributed by atoms with Crippen molar-refractivity contribution < 1.29 is 4.79 Å². The smallest absolute Gasteiger partial charge is 0.254 e. The van der Waals surface area contributed by atoms with Crippen LogP contribution in [0.1, 0.15) is 40.5 Å². The Morgan fingerprint density at radius 2 is 2.13 bits per heavy atom. The van der Waals surface area contributed by atoms with E-state index in [4.69, 9.17) is 0 Å². The van der Waals surface area contributed by atoms with Gasteiger partial charge < -0.3 is 4.90 Å². The highest BCUT2D eigenvalue weighted by Crippen LogP contribution is 2.29. The fourth-order valence-corrected chi connectivity index (χ4v) is 3.91. The summed E-state index contributed by atoms with van der Waals surface area (Å²) in [5, 5.41) is 8.43. The predicted octanol–water partition coefficient (Wildman–Crippen LogP) is 3.12. The minimum Gasteiger partial charge on any atom is -0.339 e. The van der Waals surface area contributed by atoms with Gasteiger partial charge in [-0.1, -0.05) is 0 Å². The minimum atomic E-state index is 0.152. The fraction of sp³-hybridized carbons (Fsp3) is 0.353. The van der Waals surface area contributed by atoms with E-state index in [1.54, 1.807) is 11.3 Å². The number of amides is 1. The standard InChI is InChI=1S/C17H18N4OS/c1-12-10-16-18-6-2-15(21(16)19-12)13-3-7-20(8-4-13)17(22)14-5-9-23-11-14/h2,5-6,9-11,13H,3-4,7-8H2,1H3. The van der Waals surface area contributed by atoms with Crippen LogP contribution in [0.4, 0.5) is 0 Å². The Morgan fingerprint density at radius 3 is 2.87 bits per heavy atom. The van der Waals surface area contributed by atoms with E-state index in [0.29, 0.717) is 5.92 Å². The molecule has 1 fully saturated rings. The third-order valence-corrected chi connectivity index (χ3v) is 5.16. The number of likely N-dealkylation sites (tertiary alicyclic amines) is 1. The molecule has 0 radical (unpaired) electrons. The molecule has 3 aromatic rings. The van der Waals surface area contributed by atoms with Gasteiger partial charge in [0.25, 0.3) is 5.91 Å². The largest absolute Gasteiger partial charge is 0.339 e. The van der Waals surface area contributed by atoms with Gasteiger partial charge in [0.1, 0.15) is 0 Å². The van der Waals surface area contributed by atoms with Crippen LogP contribution in [0, 0.1) is 6.92 Å². The van der Waals surface area contributed by atoms with Crippen LogP contribution in [-0.4, -0.2) is 38.5 Å². The first-order chi connectivity index (χ1) is 11.2. The van der Waals surface area contributed by atoms with Crippen LogP contribution in [0.2, 0.25) is 0 Å². The predicted molar refractivity (Wildman–Crippen MR) is 89.9 cm³/mol. The molecule has 0 bridgehead atoms. The Bertz CT molecular complexity index is 832. The molecular weight excluding hydrogens is 308 g/mol. The summed E-state index contributed by atoms with van der Waals surface area (Å²) >= 11 is 1.57. The van der Waals surface area contributed by atoms with Crippen LogP contribution in [0.5, 0.6) is 0 Å². The van der Waals surface area contributed by atoms with E-state index in [1.165, 1.54) is 5.69 Å². The molecule has 0 atom stereocenters. The van der Waals surface area contributed by atoms with Gasteiger partial charge in [0.15, 0.2) is 5.65 Å². The van der Waals surface area contributed by atoms with Crippen molar-refractivity contribution in [3.63, 3.8) is 0 Å². The summed E-state index contributed by atoms with van der Waals surface area (Å²) in [4.78, 5) is 18.8. The summed E-state index contributed by atoms with van der Waals surface area (Å²) in [6.07, 6.45) is 3.79. The van der Waals surface area contributed by atoms with E-state index in [0.717, 1.165) is 42.8 Å². The summed E-state index contributed by atoms with van der Waals surface area (Å²) in [7, 11) is 0. The number of aromatic nitrogens is 3. The zero-order valence-corrected chi connectivity index (χ0v) is 13.8. The summed E-state index contributed by atoms with van der Waals surface area (Å²) in [6.45, 7) is 3.58. The first-order valence-electron chi connectivity index (χ1n) is 7.85. The minimum absolute atomic E-state index is 0.152. The Labute approximate surface area is 138 Å². The molecule has 4 heterocycles. The van der Waals surface area contributed by atoms with Gasteiger partial charge in [-0.3, -0.25) is 4.79 Å². The quantitative estimate of drug-likeness (QED) is 0.727. The van der Waals surface area contributed by atoms with Gasteiger partial charge in [0.05, 0.1) is 11.3 Å². The highest BCUT2D eigenvalue weighted by atomic mass is 32.1. The fourth-order valence-electron chi connectivity index (χ4n) is 3.28. The molecule has 3 aromatic heterocycles. The molecule has 0 spiro atoms. The number of carbonyl (C=O) groups is 1. The lowest BCUT2D eigenvalue weighted by molar-refractivity contribution is 0.0712. The van der Waals surface area contributed by atoms with Crippen LogP contribution in [0.15, 0.2) is 35.2 Å². The maximum Gasteiger partial charge on any atom is 0.254 e. The maximum absolute atomic E-state index is 12.4. The molecule has 1 saturated heterocycles. The van der Waals surface area contributed by atoms with Crippen LogP contribution in [0.3, 0.4) is 0 Å². The van der Waals surface area contributed by atoms with Crippen molar-refractivity contribution in [1.29, 1.82) is 0 Å². The van der Waals surface area contributed by atoms with Crippen molar-refractivity contribution >= 4 is 22.9 Å². The van der Waals surface area contributed by atoms with Gasteiger partial charge in [0.2, 0.25) is 0 Å². The molecule has 0 aliphatic carbocycles. The van der Waals surface area contributed by atoms with Crippen molar-refractivity contribution in [2.75, 3.05) is 13.1 Å². The molecule has 5 nitrogen and oxygen atoms in total. The highest BCUT2D eigenvalue weighted by Gasteiger charge is 2.26. The lowest BCUT2D eigenvalue weighted by atomic mass is 9.93. The van der Waals surface area contributed by atoms with Crippen LogP contribution in [0.25, 0.3) is 5.65 Å². The molecular formula is C17H18N4OS. The third kappa shape index (κ3) is 2.63. The number of hydrogen-bond donors (Lipinski definition) is 0. The summed E-state index contributed by atoms with van der Waals surface area (Å²) in [5.41, 5.74) is 3.89. The van der Waals surface area contributed by atoms with E-state index < -0.39 is 0 Å². The Morgan fingerprint density at radius 1 is 1.30 bits per heavy atom. The number of rotatable bonds is 2. The molecule has 0 unspecified atom stereocenters. The normalized spacial score (nSPS) is 16.1. The van der Waals surface area contributed by atoms with Crippen LogP contribution >= 0.6 is 11.3 Å². The van der Waals surface area contributed by atoms with Crippen molar-refractivity contribution in [1.82, 2.24) is 19.5 Å². The van der Waals surface area contributed by atoms with Gasteiger partial charge in [0, 0.05) is 42.3 Å². The molecule has 1 amide bonds. The molecule has 0 saturated carbocycles.